The molecular weight excluding hydrogens is 370 g/mol. The van der Waals surface area contributed by atoms with Gasteiger partial charge in [0.15, 0.2) is 0 Å². The SMILES string of the molecule is NC(=O)C1(N[C@@H]2CCCC[C@@H]2N)N=CC=C(Nc2cncc(-n3cccn3)c2)N1. The molecule has 152 valence electrons. The van der Waals surface area contributed by atoms with Gasteiger partial charge in [0.25, 0.3) is 11.7 Å². The molecule has 1 aliphatic heterocycles. The summed E-state index contributed by atoms with van der Waals surface area (Å²) in [4.78, 5) is 20.9. The fourth-order valence-corrected chi connectivity index (χ4v) is 3.64. The molecular formula is C19H25N9O. The first kappa shape index (κ1) is 19.1. The Morgan fingerprint density at radius 1 is 1.31 bits per heavy atom. The summed E-state index contributed by atoms with van der Waals surface area (Å²) in [5, 5.41) is 13.8. The number of nitrogens with two attached hydrogens (primary N) is 2. The van der Waals surface area contributed by atoms with Gasteiger partial charge < -0.3 is 22.1 Å². The third-order valence-electron chi connectivity index (χ3n) is 5.17. The second-order valence-corrected chi connectivity index (χ2v) is 7.26. The molecule has 10 nitrogen and oxygen atoms in total. The number of aromatic nitrogens is 3. The molecule has 0 bridgehead atoms. The van der Waals surface area contributed by atoms with Crippen LogP contribution in [-0.4, -0.2) is 44.8 Å². The number of allylic oxidation sites excluding steroid dienone is 1. The van der Waals surface area contributed by atoms with Crippen molar-refractivity contribution in [3.05, 3.63) is 48.8 Å². The van der Waals surface area contributed by atoms with E-state index in [1.165, 1.54) is 0 Å². The number of amides is 1. The minimum Gasteiger partial charge on any atom is -0.365 e. The van der Waals surface area contributed by atoms with Crippen LogP contribution in [0.4, 0.5) is 5.69 Å². The van der Waals surface area contributed by atoms with Gasteiger partial charge >= 0.3 is 0 Å². The Morgan fingerprint density at radius 2 is 2.17 bits per heavy atom. The molecule has 0 radical (unpaired) electrons. The van der Waals surface area contributed by atoms with Gasteiger partial charge in [-0.25, -0.2) is 9.67 Å². The number of hydrogen-bond acceptors (Lipinski definition) is 8. The molecule has 2 aromatic rings. The van der Waals surface area contributed by atoms with E-state index in [1.54, 1.807) is 35.6 Å². The summed E-state index contributed by atoms with van der Waals surface area (Å²) in [6.07, 6.45) is 14.1. The van der Waals surface area contributed by atoms with Crippen LogP contribution in [0.5, 0.6) is 0 Å². The van der Waals surface area contributed by atoms with Gasteiger partial charge in [0.2, 0.25) is 0 Å². The highest BCUT2D eigenvalue weighted by Crippen LogP contribution is 2.21. The van der Waals surface area contributed by atoms with Crippen LogP contribution in [0.25, 0.3) is 5.69 Å². The molecule has 1 amide bonds. The number of carbonyl (C=O) groups excluding carboxylic acids is 1. The van der Waals surface area contributed by atoms with Crippen molar-refractivity contribution in [1.29, 1.82) is 0 Å². The number of pyridine rings is 1. The van der Waals surface area contributed by atoms with Crippen molar-refractivity contribution in [2.45, 2.75) is 43.6 Å². The molecule has 10 heteroatoms. The van der Waals surface area contributed by atoms with E-state index in [9.17, 15) is 4.79 Å². The molecule has 1 fully saturated rings. The summed E-state index contributed by atoms with van der Waals surface area (Å²) in [7, 11) is 0. The number of rotatable bonds is 6. The summed E-state index contributed by atoms with van der Waals surface area (Å²) in [5.41, 5.74) is 13.5. The molecule has 2 aliphatic rings. The van der Waals surface area contributed by atoms with Gasteiger partial charge in [-0.3, -0.25) is 15.1 Å². The Hall–Kier alpha value is -3.24. The van der Waals surface area contributed by atoms with E-state index in [0.29, 0.717) is 5.82 Å². The lowest BCUT2D eigenvalue weighted by Gasteiger charge is -2.39. The first-order chi connectivity index (χ1) is 14.1. The van der Waals surface area contributed by atoms with Crippen molar-refractivity contribution in [2.75, 3.05) is 5.32 Å². The number of carbonyl (C=O) groups is 1. The maximum atomic E-state index is 12.3. The molecule has 2 aromatic heterocycles. The molecule has 1 aliphatic carbocycles. The van der Waals surface area contributed by atoms with Crippen molar-refractivity contribution in [2.24, 2.45) is 16.5 Å². The molecule has 0 spiro atoms. The number of primary amides is 1. The number of nitrogens with zero attached hydrogens (tertiary/aromatic N) is 4. The topological polar surface area (TPSA) is 148 Å². The number of hydrogen-bond donors (Lipinski definition) is 5. The zero-order valence-corrected chi connectivity index (χ0v) is 16.0. The van der Waals surface area contributed by atoms with E-state index < -0.39 is 11.7 Å². The number of aliphatic imine (C=N–C) groups is 1. The van der Waals surface area contributed by atoms with Crippen LogP contribution < -0.4 is 27.4 Å². The summed E-state index contributed by atoms with van der Waals surface area (Å²) in [6, 6.07) is 3.63. The summed E-state index contributed by atoms with van der Waals surface area (Å²) >= 11 is 0. The van der Waals surface area contributed by atoms with Crippen LogP contribution in [0, 0.1) is 0 Å². The molecule has 0 aromatic carbocycles. The van der Waals surface area contributed by atoms with Crippen molar-refractivity contribution in [3.8, 4) is 5.69 Å². The Morgan fingerprint density at radius 3 is 2.93 bits per heavy atom. The van der Waals surface area contributed by atoms with E-state index in [-0.39, 0.29) is 12.1 Å². The van der Waals surface area contributed by atoms with E-state index in [2.05, 4.69) is 31.0 Å². The second-order valence-electron chi connectivity index (χ2n) is 7.26. The average Bonchev–Trinajstić information content (AvgIpc) is 3.25. The predicted molar refractivity (Wildman–Crippen MR) is 110 cm³/mol. The Kier molecular flexibility index (Phi) is 5.28. The molecule has 1 saturated carbocycles. The minimum atomic E-state index is -1.45. The highest BCUT2D eigenvalue weighted by atomic mass is 16.2. The largest absolute Gasteiger partial charge is 0.365 e. The van der Waals surface area contributed by atoms with E-state index in [1.807, 2.05) is 18.3 Å². The maximum Gasteiger partial charge on any atom is 0.282 e. The van der Waals surface area contributed by atoms with E-state index in [0.717, 1.165) is 37.1 Å². The van der Waals surface area contributed by atoms with E-state index >= 15 is 0 Å². The lowest BCUT2D eigenvalue weighted by molar-refractivity contribution is -0.125. The highest BCUT2D eigenvalue weighted by Gasteiger charge is 2.41. The Bertz CT molecular complexity index is 924. The van der Waals surface area contributed by atoms with Crippen LogP contribution in [0.3, 0.4) is 0 Å². The van der Waals surface area contributed by atoms with Gasteiger partial charge in [0.05, 0.1) is 23.8 Å². The first-order valence-electron chi connectivity index (χ1n) is 9.65. The lowest BCUT2D eigenvalue weighted by Crippen LogP contribution is -2.69. The summed E-state index contributed by atoms with van der Waals surface area (Å²) in [5.74, 6) is -1.51. The van der Waals surface area contributed by atoms with Crippen LogP contribution in [0.2, 0.25) is 0 Å². The predicted octanol–water partition coefficient (Wildman–Crippen LogP) is 0.193. The van der Waals surface area contributed by atoms with Crippen molar-refractivity contribution in [3.63, 3.8) is 0 Å². The van der Waals surface area contributed by atoms with Gasteiger partial charge in [0.1, 0.15) is 5.82 Å². The van der Waals surface area contributed by atoms with E-state index in [4.69, 9.17) is 11.5 Å². The van der Waals surface area contributed by atoms with Crippen molar-refractivity contribution in [1.82, 2.24) is 25.4 Å². The zero-order valence-electron chi connectivity index (χ0n) is 16.0. The van der Waals surface area contributed by atoms with Gasteiger partial charge in [-0.05, 0) is 31.1 Å². The first-order valence-corrected chi connectivity index (χ1v) is 9.65. The average molecular weight is 395 g/mol. The molecule has 1 unspecified atom stereocenters. The Labute approximate surface area is 168 Å². The van der Waals surface area contributed by atoms with Gasteiger partial charge in [-0.15, -0.1) is 0 Å². The number of anilines is 1. The monoisotopic (exact) mass is 395 g/mol. The molecule has 4 rings (SSSR count). The van der Waals surface area contributed by atoms with Crippen LogP contribution >= 0.6 is 0 Å². The van der Waals surface area contributed by atoms with Crippen molar-refractivity contribution < 1.29 is 4.79 Å². The highest BCUT2D eigenvalue weighted by molar-refractivity contribution is 5.89. The fourth-order valence-electron chi connectivity index (χ4n) is 3.64. The zero-order chi connectivity index (χ0) is 20.3. The summed E-state index contributed by atoms with van der Waals surface area (Å²) in [6.45, 7) is 0. The maximum absolute atomic E-state index is 12.3. The molecule has 3 heterocycles. The quantitative estimate of drug-likeness (QED) is 0.469. The standard InChI is InChI=1S/C19H25N9O/c20-15-4-1-2-5-16(15)26-19(18(21)29)23-8-6-17(27-19)25-13-10-14(12-22-11-13)28-9-3-7-24-28/h3,6-12,15-16,25-27H,1-2,4-5,20H2,(H2,21,29)/t15-,16+,19?/m0/s1. The normalized spacial score (nSPS) is 26.4. The smallest absolute Gasteiger partial charge is 0.282 e. The van der Waals surface area contributed by atoms with Crippen LogP contribution in [0.1, 0.15) is 25.7 Å². The molecule has 29 heavy (non-hydrogen) atoms. The van der Waals surface area contributed by atoms with Crippen molar-refractivity contribution >= 4 is 17.8 Å². The molecule has 7 N–H and O–H groups in total. The minimum absolute atomic E-state index is 0.0470. The third-order valence-corrected chi connectivity index (χ3v) is 5.17. The lowest BCUT2D eigenvalue weighted by atomic mass is 9.90. The second kappa shape index (κ2) is 8.02. The van der Waals surface area contributed by atoms with Crippen LogP contribution in [0.15, 0.2) is 53.8 Å². The fraction of sp³-hybridized carbons (Fsp3) is 0.368. The van der Waals surface area contributed by atoms with Gasteiger partial charge in [-0.1, -0.05) is 12.8 Å². The van der Waals surface area contributed by atoms with Gasteiger partial charge in [-0.2, -0.15) is 5.10 Å². The summed E-state index contributed by atoms with van der Waals surface area (Å²) < 4.78 is 1.71. The molecule has 3 atom stereocenters. The van der Waals surface area contributed by atoms with Gasteiger partial charge in [0, 0.05) is 30.7 Å². The third kappa shape index (κ3) is 4.13. The Balaban J connectivity index is 1.51. The van der Waals surface area contributed by atoms with Crippen LogP contribution in [-0.2, 0) is 4.79 Å². The number of nitrogens with one attached hydrogen (secondary N) is 3. The molecule has 0 saturated heterocycles.